The lowest BCUT2D eigenvalue weighted by atomic mass is 9.95. The lowest BCUT2D eigenvalue weighted by molar-refractivity contribution is -0.667. The van der Waals surface area contributed by atoms with E-state index in [0.29, 0.717) is 22.3 Å². The van der Waals surface area contributed by atoms with Crippen LogP contribution in [0.25, 0.3) is 56.3 Å². The Morgan fingerprint density at radius 2 is 0.791 bits per heavy atom. The summed E-state index contributed by atoms with van der Waals surface area (Å²) in [6.45, 7) is 20.2. The molecule has 446 valence electrons. The second-order valence-electron chi connectivity index (χ2n) is 23.0. The van der Waals surface area contributed by atoms with E-state index in [9.17, 15) is 0 Å². The van der Waals surface area contributed by atoms with E-state index >= 15 is 0 Å². The highest BCUT2D eigenvalue weighted by molar-refractivity contribution is 5.67. The molecule has 10 rings (SSSR count). The van der Waals surface area contributed by atoms with Crippen LogP contribution < -0.4 is 22.8 Å². The molecule has 5 heteroatoms. The molecule has 5 heterocycles. The minimum Gasteiger partial charge on any atom is -0.201 e. The molecule has 0 saturated heterocycles. The summed E-state index contributed by atoms with van der Waals surface area (Å²) in [6, 6.07) is 54.6. The quantitative estimate of drug-likeness (QED) is 0.142. The number of aryl methyl sites for hydroxylation is 10. The highest BCUT2D eigenvalue weighted by atomic mass is 15.0. The third-order valence-corrected chi connectivity index (χ3v) is 16.8. The summed E-state index contributed by atoms with van der Waals surface area (Å²) in [6.07, 6.45) is 1.76. The van der Waals surface area contributed by atoms with Crippen LogP contribution in [-0.2, 0) is 35.2 Å². The Kier molecular flexibility index (Phi) is 17.0. The van der Waals surface area contributed by atoms with E-state index < -0.39 is 39.2 Å². The number of aromatic nitrogens is 5. The van der Waals surface area contributed by atoms with Gasteiger partial charge in [-0.25, -0.2) is 4.57 Å². The molecule has 0 bridgehead atoms. The molecule has 0 radical (unpaired) electrons. The van der Waals surface area contributed by atoms with Gasteiger partial charge in [-0.15, -0.1) is 0 Å². The van der Waals surface area contributed by atoms with Gasteiger partial charge in [0.25, 0.3) is 0 Å². The Hall–Kier alpha value is -8.15. The SMILES string of the molecule is Cc1cc(C)[n+](C)c(-c2ccccc2C)c1.[2H]C([2H])([2H])C([2H])(C)c1cc(C)c(-c2ccccc2C)[n+](C)c1.[2H]C([2H])([2H])C([2H])(C)c1ccc(-c2ccccc2C)[n+](C)c1C.[2H]C([2H])([2H])c1c(C)c(C)c(-c2ccccc2C)[n+](C)c1C.[2H]C([2H])([2H])c1ccc(-c2ccccc2C)[n+](C)c1C. The van der Waals surface area contributed by atoms with E-state index in [0.717, 1.165) is 84.4 Å². The standard InChI is InChI=1S/3C17H22N.2C15H18N/c1-11-9-7-8-10-16(11)17-14(4)12(2)13(3)15(5)18(17)6;1-12(2)15-10-14(4)17(18(5)11-15)16-9-7-6-8-13(16)3;1-12(2)15-10-11-17(18(5)14(15)4)16-9-7-6-8-13(16)3;1-11-9-13(3)16(4)15(10-11)14-8-6-5-7-12(14)2;1-11-9-10-15(16(4)13(11)3)14-8-6-5-7-12(14)2/h7-10H,1-6H3;2*6-12H,1-5H3;2*5-10H,1-4H3/q5*+1/i3D3;2*1D3,12D;;1D3. The fraction of sp³-hybridized carbons (Fsp3) is 0.321. The minimum absolute atomic E-state index is 0.410. The summed E-state index contributed by atoms with van der Waals surface area (Å²) < 4.78 is 118. The van der Waals surface area contributed by atoms with Crippen molar-refractivity contribution in [3.63, 3.8) is 0 Å². The normalized spacial score (nSPS) is 15.1. The predicted molar refractivity (Wildman–Crippen MR) is 365 cm³/mol. The number of hydrogen-bond donors (Lipinski definition) is 0. The van der Waals surface area contributed by atoms with Crippen molar-refractivity contribution in [2.45, 2.75) is 143 Å². The van der Waals surface area contributed by atoms with Crippen molar-refractivity contribution in [2.24, 2.45) is 35.2 Å². The minimum atomic E-state index is -2.37. The van der Waals surface area contributed by atoms with E-state index in [2.05, 4.69) is 139 Å². The lowest BCUT2D eigenvalue weighted by Gasteiger charge is -2.13. The van der Waals surface area contributed by atoms with Crippen molar-refractivity contribution in [1.82, 2.24) is 0 Å². The van der Waals surface area contributed by atoms with Gasteiger partial charge in [0.2, 0.25) is 28.5 Å². The van der Waals surface area contributed by atoms with Crippen LogP contribution in [0.2, 0.25) is 0 Å². The summed E-state index contributed by atoms with van der Waals surface area (Å²) in [5.74, 6) is -3.25. The average molecular weight is 1160 g/mol. The van der Waals surface area contributed by atoms with E-state index in [1.165, 1.54) is 58.6 Å². The average Bonchev–Trinajstić information content (AvgIpc) is 0.773. The molecule has 10 aromatic rings. The maximum absolute atomic E-state index is 8.30. The summed E-state index contributed by atoms with van der Waals surface area (Å²) in [4.78, 5) is 0. The molecule has 0 amide bonds. The second-order valence-corrected chi connectivity index (χ2v) is 23.0. The maximum Gasteiger partial charge on any atom is 0.215 e. The van der Waals surface area contributed by atoms with Crippen LogP contribution in [0.15, 0.2) is 170 Å². The van der Waals surface area contributed by atoms with E-state index in [1.54, 1.807) is 18.3 Å². The summed E-state index contributed by atoms with van der Waals surface area (Å²) in [7, 11) is 9.78. The smallest absolute Gasteiger partial charge is 0.201 e. The van der Waals surface area contributed by atoms with Gasteiger partial charge in [0.15, 0.2) is 29.0 Å². The second kappa shape index (κ2) is 29.8. The number of rotatable bonds is 7. The highest BCUT2D eigenvalue weighted by Gasteiger charge is 2.24. The first kappa shape index (κ1) is 49.0. The van der Waals surface area contributed by atoms with Crippen molar-refractivity contribution in [3.8, 4) is 56.3 Å². The Morgan fingerprint density at radius 1 is 0.349 bits per heavy atom. The van der Waals surface area contributed by atoms with Crippen molar-refractivity contribution < 1.29 is 42.0 Å². The lowest BCUT2D eigenvalue weighted by Crippen LogP contribution is -2.37. The van der Waals surface area contributed by atoms with Crippen molar-refractivity contribution in [1.29, 1.82) is 0 Å². The molecule has 0 spiro atoms. The van der Waals surface area contributed by atoms with Gasteiger partial charge >= 0.3 is 0 Å². The van der Waals surface area contributed by atoms with Crippen LogP contribution in [0.3, 0.4) is 0 Å². The molecule has 5 aromatic carbocycles. The molecule has 0 aliphatic carbocycles. The highest BCUT2D eigenvalue weighted by Crippen LogP contribution is 2.30. The molecular formula is C81H102N5+5. The number of benzene rings is 5. The first-order chi connectivity index (χ1) is 46.2. The molecule has 5 nitrogen and oxygen atoms in total. The molecule has 0 N–H and O–H groups in total. The topological polar surface area (TPSA) is 19.4 Å². The largest absolute Gasteiger partial charge is 0.215 e. The third kappa shape index (κ3) is 15.6. The third-order valence-electron chi connectivity index (χ3n) is 16.8. The van der Waals surface area contributed by atoms with Gasteiger partial charge in [0, 0.05) is 132 Å². The molecule has 0 fully saturated rings. The van der Waals surface area contributed by atoms with Crippen LogP contribution in [0.5, 0.6) is 0 Å². The van der Waals surface area contributed by atoms with E-state index in [1.807, 2.05) is 161 Å². The van der Waals surface area contributed by atoms with Gasteiger partial charge in [0.05, 0.1) is 0 Å². The van der Waals surface area contributed by atoms with Gasteiger partial charge in [-0.3, -0.25) is 0 Å². The monoisotopic (exact) mass is 1160 g/mol. The molecular weight excluding hydrogens is 1040 g/mol. The van der Waals surface area contributed by atoms with Gasteiger partial charge in [-0.05, 0) is 175 Å². The first-order valence-corrected chi connectivity index (χ1v) is 29.5. The number of nitrogens with zero attached hydrogens (tertiary/aromatic N) is 5. The molecule has 2 atom stereocenters. The van der Waals surface area contributed by atoms with Gasteiger partial charge in [-0.1, -0.05) is 119 Å². The van der Waals surface area contributed by atoms with Gasteiger partial charge in [-0.2, -0.15) is 18.3 Å². The zero-order valence-corrected chi connectivity index (χ0v) is 54.9. The Morgan fingerprint density at radius 3 is 1.24 bits per heavy atom. The summed E-state index contributed by atoms with van der Waals surface area (Å²) in [5.41, 5.74) is 27.1. The number of pyridine rings is 5. The fourth-order valence-electron chi connectivity index (χ4n) is 11.0. The zero-order valence-electron chi connectivity index (χ0n) is 68.9. The molecule has 0 aliphatic rings. The van der Waals surface area contributed by atoms with Crippen LogP contribution in [0.1, 0.15) is 154 Å². The molecule has 86 heavy (non-hydrogen) atoms. The van der Waals surface area contributed by atoms with Crippen molar-refractivity contribution >= 4 is 0 Å². The first-order valence-electron chi connectivity index (χ1n) is 36.5. The van der Waals surface area contributed by atoms with Gasteiger partial charge in [0.1, 0.15) is 35.2 Å². The molecule has 2 unspecified atom stereocenters. The zero-order chi connectivity index (χ0) is 75.3. The Bertz CT molecular complexity index is 4540. The molecule has 0 saturated carbocycles. The van der Waals surface area contributed by atoms with Gasteiger partial charge < -0.3 is 0 Å². The Labute approximate surface area is 539 Å². The maximum atomic E-state index is 8.30. The van der Waals surface area contributed by atoms with Crippen molar-refractivity contribution in [2.75, 3.05) is 0 Å². The molecule has 5 aromatic heterocycles. The van der Waals surface area contributed by atoms with Crippen LogP contribution in [0.4, 0.5) is 0 Å². The summed E-state index contributed by atoms with van der Waals surface area (Å²) in [5, 5.41) is 0. The van der Waals surface area contributed by atoms with Crippen molar-refractivity contribution in [3.05, 3.63) is 265 Å². The van der Waals surface area contributed by atoms with E-state index in [-0.39, 0.29) is 0 Å². The predicted octanol–water partition coefficient (Wildman–Crippen LogP) is 17.8. The summed E-state index contributed by atoms with van der Waals surface area (Å²) >= 11 is 0. The number of hydrogen-bond acceptors (Lipinski definition) is 0. The fourth-order valence-corrected chi connectivity index (χ4v) is 11.0. The van der Waals surface area contributed by atoms with E-state index in [4.69, 9.17) is 19.2 Å². The van der Waals surface area contributed by atoms with Crippen LogP contribution in [0, 0.1) is 104 Å². The Balaban J connectivity index is 0.000000198. The van der Waals surface area contributed by atoms with Crippen LogP contribution in [-0.4, -0.2) is 0 Å². The van der Waals surface area contributed by atoms with Crippen LogP contribution >= 0.6 is 0 Å². The molecule has 0 aliphatic heterocycles.